The molecule has 5 heteroatoms. The molecule has 0 aliphatic carbocycles. The van der Waals surface area contributed by atoms with E-state index < -0.39 is 0 Å². The molecular formula is C16H32N4O. The summed E-state index contributed by atoms with van der Waals surface area (Å²) < 4.78 is 0. The number of likely N-dealkylation sites (tertiary alicyclic amines) is 2. The van der Waals surface area contributed by atoms with Crippen LogP contribution in [0.15, 0.2) is 0 Å². The fourth-order valence-electron chi connectivity index (χ4n) is 3.37. The molecule has 2 saturated heterocycles. The summed E-state index contributed by atoms with van der Waals surface area (Å²) in [6, 6.07) is 1.04. The van der Waals surface area contributed by atoms with Crippen molar-refractivity contribution in [2.24, 2.45) is 5.73 Å². The number of rotatable bonds is 6. The van der Waals surface area contributed by atoms with Crippen LogP contribution in [0.3, 0.4) is 0 Å². The Hall–Kier alpha value is -0.650. The Morgan fingerprint density at radius 1 is 1.19 bits per heavy atom. The maximum absolute atomic E-state index is 11.9. The van der Waals surface area contributed by atoms with Gasteiger partial charge in [0.1, 0.15) is 0 Å². The predicted molar refractivity (Wildman–Crippen MR) is 86.2 cm³/mol. The number of hydrogen-bond acceptors (Lipinski definition) is 4. The van der Waals surface area contributed by atoms with Gasteiger partial charge < -0.3 is 16.0 Å². The number of nitrogens with one attached hydrogen (secondary N) is 1. The molecule has 0 aromatic carbocycles. The first-order chi connectivity index (χ1) is 10.1. The van der Waals surface area contributed by atoms with Crippen molar-refractivity contribution in [2.45, 2.75) is 57.5 Å². The quantitative estimate of drug-likeness (QED) is 0.712. The van der Waals surface area contributed by atoms with Crippen molar-refractivity contribution in [2.75, 3.05) is 39.3 Å². The van der Waals surface area contributed by atoms with Gasteiger partial charge in [-0.2, -0.15) is 0 Å². The van der Waals surface area contributed by atoms with E-state index in [1.165, 1.54) is 25.8 Å². The van der Waals surface area contributed by atoms with Crippen LogP contribution in [-0.4, -0.2) is 67.1 Å². The summed E-state index contributed by atoms with van der Waals surface area (Å²) >= 11 is 0. The maximum atomic E-state index is 11.9. The lowest BCUT2D eigenvalue weighted by Gasteiger charge is -2.33. The van der Waals surface area contributed by atoms with Gasteiger partial charge in [0.25, 0.3) is 0 Å². The van der Waals surface area contributed by atoms with Crippen LogP contribution in [-0.2, 0) is 4.79 Å². The number of nitrogens with two attached hydrogens (primary N) is 1. The standard InChI is InChI=1S/C16H32N4O/c1-14-5-2-3-9-20(14)10-4-8-18-16(21)13-19-11-6-15(17)7-12-19/h14-15H,2-13,17H2,1H3,(H,18,21). The Kier molecular flexibility index (Phi) is 6.93. The van der Waals surface area contributed by atoms with Crippen LogP contribution in [0.25, 0.3) is 0 Å². The molecule has 2 heterocycles. The van der Waals surface area contributed by atoms with Gasteiger partial charge in [0.2, 0.25) is 5.91 Å². The average molecular weight is 296 g/mol. The number of hydrogen-bond donors (Lipinski definition) is 2. The second-order valence-electron chi connectivity index (χ2n) is 6.70. The Labute approximate surface area is 129 Å². The summed E-state index contributed by atoms with van der Waals surface area (Å²) in [6.45, 7) is 7.91. The van der Waals surface area contributed by atoms with Crippen LogP contribution in [0.1, 0.15) is 45.4 Å². The van der Waals surface area contributed by atoms with Gasteiger partial charge in [-0.3, -0.25) is 9.69 Å². The molecule has 122 valence electrons. The second-order valence-corrected chi connectivity index (χ2v) is 6.70. The molecule has 0 radical (unpaired) electrons. The van der Waals surface area contributed by atoms with Gasteiger partial charge in [0, 0.05) is 38.3 Å². The van der Waals surface area contributed by atoms with Gasteiger partial charge >= 0.3 is 0 Å². The normalized spacial score (nSPS) is 25.9. The van der Waals surface area contributed by atoms with Crippen LogP contribution in [0, 0.1) is 0 Å². The van der Waals surface area contributed by atoms with Crippen molar-refractivity contribution in [3.8, 4) is 0 Å². The van der Waals surface area contributed by atoms with E-state index in [1.807, 2.05) is 0 Å². The molecule has 21 heavy (non-hydrogen) atoms. The van der Waals surface area contributed by atoms with Crippen LogP contribution in [0.4, 0.5) is 0 Å². The molecular weight excluding hydrogens is 264 g/mol. The summed E-state index contributed by atoms with van der Waals surface area (Å²) in [5.41, 5.74) is 5.88. The van der Waals surface area contributed by atoms with Gasteiger partial charge in [-0.05, 0) is 45.6 Å². The smallest absolute Gasteiger partial charge is 0.234 e. The van der Waals surface area contributed by atoms with Crippen molar-refractivity contribution in [3.05, 3.63) is 0 Å². The molecule has 1 amide bonds. The van der Waals surface area contributed by atoms with Gasteiger partial charge in [0.15, 0.2) is 0 Å². The fraction of sp³-hybridized carbons (Fsp3) is 0.938. The number of amides is 1. The Morgan fingerprint density at radius 3 is 2.67 bits per heavy atom. The van der Waals surface area contributed by atoms with E-state index in [1.54, 1.807) is 0 Å². The zero-order valence-corrected chi connectivity index (χ0v) is 13.5. The van der Waals surface area contributed by atoms with Crippen molar-refractivity contribution in [3.63, 3.8) is 0 Å². The van der Waals surface area contributed by atoms with Gasteiger partial charge in [0.05, 0.1) is 6.54 Å². The molecule has 2 aliphatic rings. The van der Waals surface area contributed by atoms with E-state index in [0.717, 1.165) is 45.4 Å². The first-order valence-corrected chi connectivity index (χ1v) is 8.64. The van der Waals surface area contributed by atoms with E-state index in [9.17, 15) is 4.79 Å². The molecule has 1 atom stereocenters. The summed E-state index contributed by atoms with van der Waals surface area (Å²) in [5.74, 6) is 0.164. The monoisotopic (exact) mass is 296 g/mol. The number of carbonyl (C=O) groups is 1. The van der Waals surface area contributed by atoms with Gasteiger partial charge in [-0.1, -0.05) is 6.42 Å². The first-order valence-electron chi connectivity index (χ1n) is 8.64. The Bertz CT molecular complexity index is 315. The zero-order valence-electron chi connectivity index (χ0n) is 13.5. The Morgan fingerprint density at radius 2 is 1.95 bits per heavy atom. The minimum atomic E-state index is 0.164. The van der Waals surface area contributed by atoms with E-state index in [-0.39, 0.29) is 5.91 Å². The highest BCUT2D eigenvalue weighted by molar-refractivity contribution is 5.77. The van der Waals surface area contributed by atoms with Crippen molar-refractivity contribution in [1.29, 1.82) is 0 Å². The zero-order chi connectivity index (χ0) is 15.1. The van der Waals surface area contributed by atoms with Gasteiger partial charge in [-0.15, -0.1) is 0 Å². The first kappa shape index (κ1) is 16.7. The summed E-state index contributed by atoms with van der Waals surface area (Å²) in [5, 5.41) is 3.06. The molecule has 5 nitrogen and oxygen atoms in total. The van der Waals surface area contributed by atoms with Crippen molar-refractivity contribution in [1.82, 2.24) is 15.1 Å². The molecule has 0 spiro atoms. The van der Waals surface area contributed by atoms with E-state index in [4.69, 9.17) is 5.73 Å². The molecule has 0 aromatic rings. The highest BCUT2D eigenvalue weighted by atomic mass is 16.2. The van der Waals surface area contributed by atoms with Crippen LogP contribution >= 0.6 is 0 Å². The molecule has 2 fully saturated rings. The minimum Gasteiger partial charge on any atom is -0.355 e. The largest absolute Gasteiger partial charge is 0.355 e. The molecule has 0 aromatic heterocycles. The van der Waals surface area contributed by atoms with Crippen LogP contribution in [0.5, 0.6) is 0 Å². The summed E-state index contributed by atoms with van der Waals surface area (Å²) in [4.78, 5) is 16.7. The molecule has 0 saturated carbocycles. The SMILES string of the molecule is CC1CCCCN1CCCNC(=O)CN1CCC(N)CC1. The molecule has 1 unspecified atom stereocenters. The Balaban J connectivity index is 1.53. The number of nitrogens with zero attached hydrogens (tertiary/aromatic N) is 2. The van der Waals surface area contributed by atoms with E-state index in [2.05, 4.69) is 22.0 Å². The molecule has 0 bridgehead atoms. The third kappa shape index (κ3) is 5.93. The van der Waals surface area contributed by atoms with Gasteiger partial charge in [-0.25, -0.2) is 0 Å². The maximum Gasteiger partial charge on any atom is 0.234 e. The molecule has 3 N–H and O–H groups in total. The van der Waals surface area contributed by atoms with Crippen LogP contribution < -0.4 is 11.1 Å². The second kappa shape index (κ2) is 8.71. The third-order valence-electron chi connectivity index (χ3n) is 4.88. The highest BCUT2D eigenvalue weighted by Gasteiger charge is 2.19. The predicted octanol–water partition coefficient (Wildman–Crippen LogP) is 0.790. The molecule has 2 aliphatic heterocycles. The van der Waals surface area contributed by atoms with Crippen molar-refractivity contribution < 1.29 is 4.79 Å². The number of piperidine rings is 2. The van der Waals surface area contributed by atoms with E-state index >= 15 is 0 Å². The average Bonchev–Trinajstić information content (AvgIpc) is 2.48. The third-order valence-corrected chi connectivity index (χ3v) is 4.88. The lowest BCUT2D eigenvalue weighted by atomic mass is 10.0. The lowest BCUT2D eigenvalue weighted by molar-refractivity contribution is -0.122. The fourth-order valence-corrected chi connectivity index (χ4v) is 3.37. The summed E-state index contributed by atoms with van der Waals surface area (Å²) in [7, 11) is 0. The van der Waals surface area contributed by atoms with E-state index in [0.29, 0.717) is 18.6 Å². The highest BCUT2D eigenvalue weighted by Crippen LogP contribution is 2.16. The minimum absolute atomic E-state index is 0.164. The van der Waals surface area contributed by atoms with Crippen molar-refractivity contribution >= 4 is 5.91 Å². The summed E-state index contributed by atoms with van der Waals surface area (Å²) in [6.07, 6.45) is 7.10. The number of carbonyl (C=O) groups excluding carboxylic acids is 1. The topological polar surface area (TPSA) is 61.6 Å². The molecule has 2 rings (SSSR count). The van der Waals surface area contributed by atoms with Crippen LogP contribution in [0.2, 0.25) is 0 Å². The lowest BCUT2D eigenvalue weighted by Crippen LogP contribution is -2.45.